The van der Waals surface area contributed by atoms with Crippen molar-refractivity contribution < 1.29 is 4.74 Å². The second-order valence-corrected chi connectivity index (χ2v) is 5.57. The summed E-state index contributed by atoms with van der Waals surface area (Å²) in [6.45, 7) is 5.04. The normalized spacial score (nSPS) is 17.3. The van der Waals surface area contributed by atoms with Gasteiger partial charge in [-0.25, -0.2) is 9.97 Å². The molecule has 5 heteroatoms. The third kappa shape index (κ3) is 2.38. The van der Waals surface area contributed by atoms with E-state index in [2.05, 4.69) is 38.1 Å². The Morgan fingerprint density at radius 3 is 2.61 bits per heavy atom. The summed E-state index contributed by atoms with van der Waals surface area (Å²) < 4.78 is 6.60. The number of aromatic nitrogens is 2. The van der Waals surface area contributed by atoms with Crippen LogP contribution in [0.3, 0.4) is 0 Å². The molecule has 0 bridgehead atoms. The van der Waals surface area contributed by atoms with Crippen LogP contribution in [0.15, 0.2) is 4.47 Å². The lowest BCUT2D eigenvalue weighted by Crippen LogP contribution is -2.38. The van der Waals surface area contributed by atoms with Crippen LogP contribution >= 0.6 is 15.9 Å². The van der Waals surface area contributed by atoms with Gasteiger partial charge in [0.05, 0.1) is 10.2 Å². The van der Waals surface area contributed by atoms with Crippen molar-refractivity contribution in [1.29, 1.82) is 0 Å². The quantitative estimate of drug-likeness (QED) is 0.905. The molecular formula is C13H20BrN3O. The maximum Gasteiger partial charge on any atom is 0.162 e. The van der Waals surface area contributed by atoms with E-state index >= 15 is 0 Å². The van der Waals surface area contributed by atoms with E-state index in [1.807, 2.05) is 6.92 Å². The average Bonchev–Trinajstić information content (AvgIpc) is 2.31. The molecule has 1 heterocycles. The van der Waals surface area contributed by atoms with Gasteiger partial charge in [0.2, 0.25) is 0 Å². The van der Waals surface area contributed by atoms with Crippen molar-refractivity contribution in [3.05, 3.63) is 16.0 Å². The van der Waals surface area contributed by atoms with Gasteiger partial charge >= 0.3 is 0 Å². The summed E-state index contributed by atoms with van der Waals surface area (Å²) in [5.41, 5.74) is 0.704. The van der Waals surface area contributed by atoms with Gasteiger partial charge in [-0.2, -0.15) is 0 Å². The van der Waals surface area contributed by atoms with E-state index in [9.17, 15) is 0 Å². The SMILES string of the molecule is CCCNc1nc(C2(OC)CCC2)nc(C)c1Br. The number of ether oxygens (including phenoxy) is 1. The summed E-state index contributed by atoms with van der Waals surface area (Å²) in [5, 5.41) is 3.33. The number of aryl methyl sites for hydroxylation is 1. The minimum Gasteiger partial charge on any atom is -0.370 e. The predicted molar refractivity (Wildman–Crippen MR) is 75.8 cm³/mol. The van der Waals surface area contributed by atoms with Gasteiger partial charge in [-0.15, -0.1) is 0 Å². The summed E-state index contributed by atoms with van der Waals surface area (Å²) in [5.74, 6) is 1.69. The second kappa shape index (κ2) is 5.53. The van der Waals surface area contributed by atoms with E-state index in [0.717, 1.165) is 47.6 Å². The van der Waals surface area contributed by atoms with Crippen LogP contribution in [0, 0.1) is 6.92 Å². The Hall–Kier alpha value is -0.680. The van der Waals surface area contributed by atoms with Crippen LogP contribution in [0.4, 0.5) is 5.82 Å². The highest BCUT2D eigenvalue weighted by atomic mass is 79.9. The Labute approximate surface area is 117 Å². The average molecular weight is 314 g/mol. The van der Waals surface area contributed by atoms with Crippen LogP contribution < -0.4 is 5.32 Å². The molecule has 1 aliphatic rings. The molecule has 0 unspecified atom stereocenters. The number of halogens is 1. The molecule has 2 rings (SSSR count). The number of nitrogens with one attached hydrogen (secondary N) is 1. The maximum atomic E-state index is 5.65. The highest BCUT2D eigenvalue weighted by Gasteiger charge is 2.42. The van der Waals surface area contributed by atoms with E-state index in [4.69, 9.17) is 4.74 Å². The second-order valence-electron chi connectivity index (χ2n) is 4.77. The Bertz CT molecular complexity index is 427. The van der Waals surface area contributed by atoms with E-state index in [0.29, 0.717) is 0 Å². The smallest absolute Gasteiger partial charge is 0.162 e. The van der Waals surface area contributed by atoms with E-state index in [1.165, 1.54) is 6.42 Å². The first-order valence-electron chi connectivity index (χ1n) is 6.46. The van der Waals surface area contributed by atoms with Crippen molar-refractivity contribution in [2.45, 2.75) is 45.1 Å². The van der Waals surface area contributed by atoms with Crippen molar-refractivity contribution in [2.75, 3.05) is 19.0 Å². The van der Waals surface area contributed by atoms with Crippen LogP contribution in [0.25, 0.3) is 0 Å². The molecule has 100 valence electrons. The molecule has 1 aliphatic carbocycles. The summed E-state index contributed by atoms with van der Waals surface area (Å²) in [7, 11) is 1.75. The fraction of sp³-hybridized carbons (Fsp3) is 0.692. The Morgan fingerprint density at radius 2 is 2.11 bits per heavy atom. The lowest BCUT2D eigenvalue weighted by atomic mass is 9.79. The molecule has 0 atom stereocenters. The van der Waals surface area contributed by atoms with Crippen LogP contribution in [0.1, 0.15) is 44.1 Å². The maximum absolute atomic E-state index is 5.65. The minimum atomic E-state index is -0.256. The number of hydrogen-bond donors (Lipinski definition) is 1. The van der Waals surface area contributed by atoms with Crippen molar-refractivity contribution >= 4 is 21.7 Å². The molecule has 1 N–H and O–H groups in total. The molecule has 1 aromatic rings. The summed E-state index contributed by atoms with van der Waals surface area (Å²) in [6, 6.07) is 0. The van der Waals surface area contributed by atoms with Gasteiger partial charge in [0.1, 0.15) is 11.4 Å². The Kier molecular flexibility index (Phi) is 4.22. The van der Waals surface area contributed by atoms with Crippen LogP contribution in [0.2, 0.25) is 0 Å². The van der Waals surface area contributed by atoms with Crippen molar-refractivity contribution in [3.63, 3.8) is 0 Å². The van der Waals surface area contributed by atoms with Crippen molar-refractivity contribution in [2.24, 2.45) is 0 Å². The van der Waals surface area contributed by atoms with Gasteiger partial charge in [0.15, 0.2) is 5.82 Å². The summed E-state index contributed by atoms with van der Waals surface area (Å²) in [6.07, 6.45) is 4.28. The molecule has 0 radical (unpaired) electrons. The Morgan fingerprint density at radius 1 is 1.39 bits per heavy atom. The molecular weight excluding hydrogens is 294 g/mol. The molecule has 0 spiro atoms. The van der Waals surface area contributed by atoms with E-state index in [-0.39, 0.29) is 5.60 Å². The van der Waals surface area contributed by atoms with Crippen molar-refractivity contribution in [1.82, 2.24) is 9.97 Å². The van der Waals surface area contributed by atoms with Gasteiger partial charge in [-0.1, -0.05) is 6.92 Å². The fourth-order valence-corrected chi connectivity index (χ4v) is 2.46. The largest absolute Gasteiger partial charge is 0.370 e. The molecule has 4 nitrogen and oxygen atoms in total. The summed E-state index contributed by atoms with van der Waals surface area (Å²) >= 11 is 3.54. The third-order valence-electron chi connectivity index (χ3n) is 3.52. The molecule has 0 aromatic carbocycles. The van der Waals surface area contributed by atoms with Crippen LogP contribution in [0.5, 0.6) is 0 Å². The number of methoxy groups -OCH3 is 1. The molecule has 18 heavy (non-hydrogen) atoms. The van der Waals surface area contributed by atoms with Crippen LogP contribution in [-0.4, -0.2) is 23.6 Å². The molecule has 1 aromatic heterocycles. The van der Waals surface area contributed by atoms with Gasteiger partial charge in [-0.3, -0.25) is 0 Å². The standard InChI is InChI=1S/C13H20BrN3O/c1-4-8-15-11-10(14)9(2)16-12(17-11)13(18-3)6-5-7-13/h4-8H2,1-3H3,(H,15,16,17). The van der Waals surface area contributed by atoms with Gasteiger partial charge in [0.25, 0.3) is 0 Å². The predicted octanol–water partition coefficient (Wildman–Crippen LogP) is 3.40. The lowest BCUT2D eigenvalue weighted by molar-refractivity contribution is -0.0846. The highest BCUT2D eigenvalue weighted by Crippen LogP contribution is 2.43. The molecule has 1 fully saturated rings. The summed E-state index contributed by atoms with van der Waals surface area (Å²) in [4.78, 5) is 9.23. The zero-order valence-electron chi connectivity index (χ0n) is 11.2. The molecule has 0 saturated heterocycles. The number of anilines is 1. The first-order valence-corrected chi connectivity index (χ1v) is 7.26. The number of rotatable bonds is 5. The first-order chi connectivity index (χ1) is 8.63. The zero-order chi connectivity index (χ0) is 13.2. The Balaban J connectivity index is 2.34. The zero-order valence-corrected chi connectivity index (χ0v) is 12.8. The number of hydrogen-bond acceptors (Lipinski definition) is 4. The monoisotopic (exact) mass is 313 g/mol. The van der Waals surface area contributed by atoms with Crippen LogP contribution in [-0.2, 0) is 10.3 Å². The third-order valence-corrected chi connectivity index (χ3v) is 4.47. The van der Waals surface area contributed by atoms with Gasteiger partial charge in [0, 0.05) is 13.7 Å². The van der Waals surface area contributed by atoms with E-state index < -0.39 is 0 Å². The molecule has 0 aliphatic heterocycles. The molecule has 1 saturated carbocycles. The minimum absolute atomic E-state index is 0.256. The highest BCUT2D eigenvalue weighted by molar-refractivity contribution is 9.10. The first kappa shape index (κ1) is 13.7. The van der Waals surface area contributed by atoms with E-state index in [1.54, 1.807) is 7.11 Å². The van der Waals surface area contributed by atoms with Crippen molar-refractivity contribution in [3.8, 4) is 0 Å². The fourth-order valence-electron chi connectivity index (χ4n) is 2.14. The van der Waals surface area contributed by atoms with Gasteiger partial charge in [-0.05, 0) is 48.5 Å². The molecule has 0 amide bonds. The number of nitrogens with zero attached hydrogens (tertiary/aromatic N) is 2. The topological polar surface area (TPSA) is 47.0 Å². The van der Waals surface area contributed by atoms with Gasteiger partial charge < -0.3 is 10.1 Å². The lowest BCUT2D eigenvalue weighted by Gasteiger charge is -2.39.